The maximum absolute atomic E-state index is 5.95. The van der Waals surface area contributed by atoms with Gasteiger partial charge in [-0.2, -0.15) is 0 Å². The Balaban J connectivity index is 1.59. The monoisotopic (exact) mass is 361 g/mol. The molecular formula is C17H20ClN5S. The molecule has 0 bridgehead atoms. The lowest BCUT2D eigenvalue weighted by atomic mass is 10.1. The van der Waals surface area contributed by atoms with E-state index < -0.39 is 0 Å². The smallest absolute Gasteiger partial charge is 0.214 e. The summed E-state index contributed by atoms with van der Waals surface area (Å²) in [6.07, 6.45) is 1.99. The van der Waals surface area contributed by atoms with E-state index in [0.29, 0.717) is 12.0 Å². The average Bonchev–Trinajstić information content (AvgIpc) is 3.19. The Morgan fingerprint density at radius 1 is 1.21 bits per heavy atom. The van der Waals surface area contributed by atoms with Gasteiger partial charge in [0.25, 0.3) is 0 Å². The quantitative estimate of drug-likeness (QED) is 0.715. The number of halogens is 1. The third-order valence-electron chi connectivity index (χ3n) is 4.68. The van der Waals surface area contributed by atoms with E-state index in [1.165, 1.54) is 0 Å². The van der Waals surface area contributed by atoms with Crippen LogP contribution in [-0.4, -0.2) is 52.7 Å². The van der Waals surface area contributed by atoms with Gasteiger partial charge in [-0.15, -0.1) is 5.10 Å². The van der Waals surface area contributed by atoms with Gasteiger partial charge in [-0.3, -0.25) is 0 Å². The van der Waals surface area contributed by atoms with Crippen LogP contribution >= 0.6 is 22.9 Å². The summed E-state index contributed by atoms with van der Waals surface area (Å²) >= 11 is 7.60. The van der Waals surface area contributed by atoms with Gasteiger partial charge >= 0.3 is 0 Å². The molecule has 3 heterocycles. The zero-order valence-corrected chi connectivity index (χ0v) is 15.6. The molecular weight excluding hydrogens is 342 g/mol. The van der Waals surface area contributed by atoms with E-state index in [4.69, 9.17) is 21.7 Å². The van der Waals surface area contributed by atoms with Gasteiger partial charge in [-0.25, -0.2) is 9.50 Å². The Labute approximate surface area is 150 Å². The third kappa shape index (κ3) is 2.79. The predicted molar refractivity (Wildman–Crippen MR) is 100 cm³/mol. The van der Waals surface area contributed by atoms with E-state index >= 15 is 0 Å². The van der Waals surface area contributed by atoms with Crippen molar-refractivity contribution in [2.75, 3.05) is 32.1 Å². The summed E-state index contributed by atoms with van der Waals surface area (Å²) in [5, 5.41) is 6.53. The zero-order valence-electron chi connectivity index (χ0n) is 14.0. The summed E-state index contributed by atoms with van der Waals surface area (Å²) in [7, 11) is 4.30. The fourth-order valence-electron chi connectivity index (χ4n) is 3.36. The number of rotatable bonds is 3. The number of aromatic nitrogens is 3. The molecule has 2 unspecified atom stereocenters. The fourth-order valence-corrected chi connectivity index (χ4v) is 4.38. The van der Waals surface area contributed by atoms with Gasteiger partial charge in [0.15, 0.2) is 0 Å². The van der Waals surface area contributed by atoms with Crippen LogP contribution in [0, 0.1) is 5.92 Å². The number of nitrogens with zero attached hydrogens (tertiary/aromatic N) is 5. The first-order valence-electron chi connectivity index (χ1n) is 8.05. The van der Waals surface area contributed by atoms with Crippen LogP contribution in [0.2, 0.25) is 5.02 Å². The van der Waals surface area contributed by atoms with Gasteiger partial charge in [0.05, 0.1) is 11.9 Å². The van der Waals surface area contributed by atoms with E-state index in [-0.39, 0.29) is 0 Å². The molecule has 2 atom stereocenters. The second kappa shape index (κ2) is 6.02. The van der Waals surface area contributed by atoms with Crippen molar-refractivity contribution in [3.63, 3.8) is 0 Å². The van der Waals surface area contributed by atoms with E-state index in [2.05, 4.69) is 30.8 Å². The fraction of sp³-hybridized carbons (Fsp3) is 0.412. The van der Waals surface area contributed by atoms with E-state index in [9.17, 15) is 0 Å². The minimum absolute atomic E-state index is 0.575. The molecule has 1 fully saturated rings. The molecule has 1 aliphatic heterocycles. The molecule has 0 spiro atoms. The summed E-state index contributed by atoms with van der Waals surface area (Å²) in [6, 6.07) is 8.32. The number of hydrogen-bond acceptors (Lipinski definition) is 5. The highest BCUT2D eigenvalue weighted by Gasteiger charge is 2.32. The molecule has 5 nitrogen and oxygen atoms in total. The number of likely N-dealkylation sites (N-methyl/N-ethyl adjacent to an activating group) is 1. The topological polar surface area (TPSA) is 36.7 Å². The van der Waals surface area contributed by atoms with Crippen molar-refractivity contribution in [2.24, 2.45) is 5.92 Å². The Kier molecular flexibility index (Phi) is 3.98. The summed E-state index contributed by atoms with van der Waals surface area (Å²) in [5.41, 5.74) is 1.99. The van der Waals surface area contributed by atoms with Gasteiger partial charge < -0.3 is 9.80 Å². The molecule has 126 valence electrons. The van der Waals surface area contributed by atoms with Crippen molar-refractivity contribution in [3.05, 3.63) is 35.5 Å². The lowest BCUT2D eigenvalue weighted by Gasteiger charge is -2.22. The molecule has 2 aromatic heterocycles. The van der Waals surface area contributed by atoms with Gasteiger partial charge in [0.1, 0.15) is 0 Å². The first-order chi connectivity index (χ1) is 11.5. The molecule has 4 rings (SSSR count). The molecule has 3 aromatic rings. The van der Waals surface area contributed by atoms with Crippen LogP contribution in [0.15, 0.2) is 30.5 Å². The highest BCUT2D eigenvalue weighted by molar-refractivity contribution is 7.20. The molecule has 1 aromatic carbocycles. The highest BCUT2D eigenvalue weighted by Crippen LogP contribution is 2.31. The molecule has 1 aliphatic rings. The maximum Gasteiger partial charge on any atom is 0.214 e. The molecule has 0 saturated carbocycles. The highest BCUT2D eigenvalue weighted by atomic mass is 35.5. The maximum atomic E-state index is 5.95. The molecule has 0 radical (unpaired) electrons. The largest absolute Gasteiger partial charge is 0.345 e. The second-order valence-corrected chi connectivity index (χ2v) is 8.03. The van der Waals surface area contributed by atoms with Gasteiger partial charge in [-0.1, -0.05) is 42.0 Å². The normalized spacial score (nSPS) is 21.3. The van der Waals surface area contributed by atoms with Gasteiger partial charge in [-0.05, 0) is 32.1 Å². The minimum atomic E-state index is 0.575. The lowest BCUT2D eigenvalue weighted by molar-refractivity contribution is 0.266. The van der Waals surface area contributed by atoms with E-state index in [0.717, 1.165) is 39.5 Å². The first kappa shape index (κ1) is 15.9. The van der Waals surface area contributed by atoms with Crippen molar-refractivity contribution in [3.8, 4) is 11.3 Å². The summed E-state index contributed by atoms with van der Waals surface area (Å²) in [6.45, 7) is 4.38. The Hall–Kier alpha value is -1.63. The third-order valence-corrected chi connectivity index (χ3v) is 5.91. The Bertz CT molecular complexity index is 822. The number of anilines is 1. The van der Waals surface area contributed by atoms with Crippen molar-refractivity contribution in [1.29, 1.82) is 0 Å². The minimum Gasteiger partial charge on any atom is -0.345 e. The number of fused-ring (bicyclic) bond motifs is 1. The molecule has 0 N–H and O–H groups in total. The first-order valence-corrected chi connectivity index (χ1v) is 9.24. The van der Waals surface area contributed by atoms with Crippen molar-refractivity contribution < 1.29 is 0 Å². The molecule has 24 heavy (non-hydrogen) atoms. The van der Waals surface area contributed by atoms with Crippen molar-refractivity contribution >= 4 is 33.0 Å². The number of hydrogen-bond donors (Lipinski definition) is 0. The van der Waals surface area contributed by atoms with Crippen LogP contribution in [0.25, 0.3) is 16.2 Å². The van der Waals surface area contributed by atoms with E-state index in [1.54, 1.807) is 11.3 Å². The standard InChI is InChI=1S/C17H20ClN5S/c1-11-8-22(10-15(11)21(2)3)17-20-23-9-14(19-16(23)24-17)12-4-6-13(18)7-5-12/h4-7,9,11,15H,8,10H2,1-3H3. The summed E-state index contributed by atoms with van der Waals surface area (Å²) in [4.78, 5) is 10.3. The van der Waals surface area contributed by atoms with Gasteiger partial charge in [0, 0.05) is 29.7 Å². The lowest BCUT2D eigenvalue weighted by Crippen LogP contribution is -2.34. The van der Waals surface area contributed by atoms with Crippen molar-refractivity contribution in [2.45, 2.75) is 13.0 Å². The summed E-state index contributed by atoms with van der Waals surface area (Å²) in [5.74, 6) is 0.640. The number of imidazole rings is 1. The zero-order chi connectivity index (χ0) is 16.8. The van der Waals surface area contributed by atoms with Crippen LogP contribution in [0.4, 0.5) is 5.13 Å². The van der Waals surface area contributed by atoms with Crippen molar-refractivity contribution in [1.82, 2.24) is 19.5 Å². The number of benzene rings is 1. The van der Waals surface area contributed by atoms with Crippen LogP contribution < -0.4 is 4.90 Å². The van der Waals surface area contributed by atoms with Crippen LogP contribution in [0.5, 0.6) is 0 Å². The van der Waals surface area contributed by atoms with Crippen LogP contribution in [0.1, 0.15) is 6.92 Å². The SMILES string of the molecule is CC1CN(c2nn3cc(-c4ccc(Cl)cc4)nc3s2)CC1N(C)C. The second-order valence-electron chi connectivity index (χ2n) is 6.66. The molecule has 7 heteroatoms. The van der Waals surface area contributed by atoms with Gasteiger partial charge in [0.2, 0.25) is 10.1 Å². The Morgan fingerprint density at radius 2 is 1.96 bits per heavy atom. The molecule has 0 aliphatic carbocycles. The molecule has 0 amide bonds. The summed E-state index contributed by atoms with van der Waals surface area (Å²) < 4.78 is 1.89. The Morgan fingerprint density at radius 3 is 2.58 bits per heavy atom. The average molecular weight is 362 g/mol. The van der Waals surface area contributed by atoms with Crippen LogP contribution in [0.3, 0.4) is 0 Å². The predicted octanol–water partition coefficient (Wildman–Crippen LogP) is 3.50. The van der Waals surface area contributed by atoms with E-state index in [1.807, 2.05) is 35.0 Å². The van der Waals surface area contributed by atoms with Crippen LogP contribution in [-0.2, 0) is 0 Å². The molecule has 1 saturated heterocycles.